The van der Waals surface area contributed by atoms with Gasteiger partial charge in [0, 0.05) is 30.8 Å². The van der Waals surface area contributed by atoms with E-state index in [2.05, 4.69) is 29.2 Å². The zero-order valence-electron chi connectivity index (χ0n) is 11.3. The second kappa shape index (κ2) is 6.09. The normalized spacial score (nSPS) is 12.2. The van der Waals surface area contributed by atoms with Crippen molar-refractivity contribution in [2.75, 3.05) is 19.0 Å². The van der Waals surface area contributed by atoms with E-state index < -0.39 is 0 Å². The van der Waals surface area contributed by atoms with Crippen LogP contribution in [0.2, 0.25) is 5.02 Å². The Kier molecular flexibility index (Phi) is 4.46. The maximum absolute atomic E-state index is 6.25. The van der Waals surface area contributed by atoms with Crippen LogP contribution in [-0.2, 0) is 6.42 Å². The van der Waals surface area contributed by atoms with Gasteiger partial charge in [-0.05, 0) is 35.7 Å². The molecule has 0 aliphatic heterocycles. The topological polar surface area (TPSA) is 29.3 Å². The number of rotatable bonds is 4. The van der Waals surface area contributed by atoms with Crippen molar-refractivity contribution in [3.8, 4) is 0 Å². The Balaban J connectivity index is 2.12. The monoisotopic (exact) mass is 274 g/mol. The molecule has 0 fully saturated rings. The van der Waals surface area contributed by atoms with Crippen molar-refractivity contribution in [1.29, 1.82) is 0 Å². The number of halogens is 1. The quantitative estimate of drug-likeness (QED) is 0.922. The van der Waals surface area contributed by atoms with Crippen LogP contribution in [-0.4, -0.2) is 14.1 Å². The summed E-state index contributed by atoms with van der Waals surface area (Å²) < 4.78 is 0. The lowest BCUT2D eigenvalue weighted by molar-refractivity contribution is 0.722. The van der Waals surface area contributed by atoms with Crippen LogP contribution in [0.15, 0.2) is 48.5 Å². The summed E-state index contributed by atoms with van der Waals surface area (Å²) in [4.78, 5) is 2.07. The van der Waals surface area contributed by atoms with Gasteiger partial charge < -0.3 is 10.6 Å². The summed E-state index contributed by atoms with van der Waals surface area (Å²) in [5.74, 6) is 0. The molecule has 1 unspecified atom stereocenters. The van der Waals surface area contributed by atoms with E-state index in [0.717, 1.165) is 22.6 Å². The van der Waals surface area contributed by atoms with Gasteiger partial charge in [0.15, 0.2) is 0 Å². The molecule has 1 atom stereocenters. The molecule has 0 heterocycles. The van der Waals surface area contributed by atoms with Gasteiger partial charge in [-0.15, -0.1) is 0 Å². The number of benzene rings is 2. The van der Waals surface area contributed by atoms with Gasteiger partial charge in [0.25, 0.3) is 0 Å². The lowest BCUT2D eigenvalue weighted by atomic mass is 9.99. The van der Waals surface area contributed by atoms with Crippen molar-refractivity contribution < 1.29 is 0 Å². The van der Waals surface area contributed by atoms with Crippen molar-refractivity contribution in [1.82, 2.24) is 0 Å². The van der Waals surface area contributed by atoms with Crippen LogP contribution in [0.25, 0.3) is 0 Å². The lowest BCUT2D eigenvalue weighted by Crippen LogP contribution is -2.14. The standard InChI is InChI=1S/C16H19ClN2/c1-19(2)14-9-7-12(8-10-14)16(18)11-13-5-3-4-6-15(13)17/h3-10,16H,11,18H2,1-2H3. The number of anilines is 1. The average molecular weight is 275 g/mol. The van der Waals surface area contributed by atoms with Crippen LogP contribution < -0.4 is 10.6 Å². The largest absolute Gasteiger partial charge is 0.378 e. The molecule has 0 aliphatic carbocycles. The van der Waals surface area contributed by atoms with Crippen molar-refractivity contribution in [2.24, 2.45) is 5.73 Å². The molecule has 19 heavy (non-hydrogen) atoms. The molecule has 0 amide bonds. The zero-order valence-corrected chi connectivity index (χ0v) is 12.1. The fraction of sp³-hybridized carbons (Fsp3) is 0.250. The summed E-state index contributed by atoms with van der Waals surface area (Å²) in [5, 5.41) is 0.780. The fourth-order valence-electron chi connectivity index (χ4n) is 2.04. The predicted molar refractivity (Wildman–Crippen MR) is 82.9 cm³/mol. The zero-order chi connectivity index (χ0) is 13.8. The third kappa shape index (κ3) is 3.49. The molecular weight excluding hydrogens is 256 g/mol. The SMILES string of the molecule is CN(C)c1ccc(C(N)Cc2ccccc2Cl)cc1. The molecule has 2 rings (SSSR count). The molecule has 0 aromatic heterocycles. The minimum atomic E-state index is -0.0314. The van der Waals surface area contributed by atoms with Gasteiger partial charge in [-0.2, -0.15) is 0 Å². The van der Waals surface area contributed by atoms with Crippen molar-refractivity contribution in [3.63, 3.8) is 0 Å². The van der Waals surface area contributed by atoms with E-state index in [1.54, 1.807) is 0 Å². The summed E-state index contributed by atoms with van der Waals surface area (Å²) in [6, 6.07) is 16.1. The molecule has 0 bridgehead atoms. The Labute approximate surface area is 119 Å². The van der Waals surface area contributed by atoms with Gasteiger partial charge in [0.2, 0.25) is 0 Å². The van der Waals surface area contributed by atoms with Gasteiger partial charge in [0.1, 0.15) is 0 Å². The third-order valence-corrected chi connectivity index (χ3v) is 3.60. The maximum Gasteiger partial charge on any atom is 0.0438 e. The molecule has 3 heteroatoms. The molecule has 2 N–H and O–H groups in total. The van der Waals surface area contributed by atoms with E-state index in [1.165, 1.54) is 5.69 Å². The van der Waals surface area contributed by atoms with Crippen LogP contribution in [0, 0.1) is 0 Å². The van der Waals surface area contributed by atoms with Gasteiger partial charge in [-0.3, -0.25) is 0 Å². The van der Waals surface area contributed by atoms with Crippen molar-refractivity contribution in [2.45, 2.75) is 12.5 Å². The Bertz CT molecular complexity index is 535. The third-order valence-electron chi connectivity index (χ3n) is 3.24. The summed E-state index contributed by atoms with van der Waals surface area (Å²) in [5.41, 5.74) is 9.65. The first-order valence-electron chi connectivity index (χ1n) is 6.34. The Morgan fingerprint density at radius 3 is 2.26 bits per heavy atom. The molecule has 0 saturated heterocycles. The fourth-order valence-corrected chi connectivity index (χ4v) is 2.25. The number of nitrogens with two attached hydrogens (primary N) is 1. The van der Waals surface area contributed by atoms with E-state index in [1.807, 2.05) is 38.4 Å². The molecule has 0 spiro atoms. The first kappa shape index (κ1) is 13.9. The van der Waals surface area contributed by atoms with Gasteiger partial charge in [-0.1, -0.05) is 41.9 Å². The van der Waals surface area contributed by atoms with Crippen LogP contribution in [0.3, 0.4) is 0 Å². The highest BCUT2D eigenvalue weighted by atomic mass is 35.5. The Morgan fingerprint density at radius 2 is 1.68 bits per heavy atom. The first-order chi connectivity index (χ1) is 9.08. The van der Waals surface area contributed by atoms with Crippen molar-refractivity contribution in [3.05, 3.63) is 64.7 Å². The molecule has 2 aromatic carbocycles. The molecule has 0 saturated carbocycles. The van der Waals surface area contributed by atoms with Gasteiger partial charge >= 0.3 is 0 Å². The minimum absolute atomic E-state index is 0.0314. The number of nitrogens with zero attached hydrogens (tertiary/aromatic N) is 1. The highest BCUT2D eigenvalue weighted by molar-refractivity contribution is 6.31. The van der Waals surface area contributed by atoms with Gasteiger partial charge in [-0.25, -0.2) is 0 Å². The average Bonchev–Trinajstić information content (AvgIpc) is 2.41. The highest BCUT2D eigenvalue weighted by Gasteiger charge is 2.09. The molecule has 100 valence electrons. The molecule has 2 aromatic rings. The van der Waals surface area contributed by atoms with E-state index in [-0.39, 0.29) is 6.04 Å². The Morgan fingerprint density at radius 1 is 1.05 bits per heavy atom. The number of hydrogen-bond donors (Lipinski definition) is 1. The van der Waals surface area contributed by atoms with E-state index in [4.69, 9.17) is 17.3 Å². The second-order valence-electron chi connectivity index (χ2n) is 4.89. The molecular formula is C16H19ClN2. The summed E-state index contributed by atoms with van der Waals surface area (Å²) in [7, 11) is 4.05. The van der Waals surface area contributed by atoms with E-state index >= 15 is 0 Å². The number of hydrogen-bond acceptors (Lipinski definition) is 2. The second-order valence-corrected chi connectivity index (χ2v) is 5.30. The molecule has 0 radical (unpaired) electrons. The molecule has 0 aliphatic rings. The van der Waals surface area contributed by atoms with Crippen molar-refractivity contribution >= 4 is 17.3 Å². The molecule has 2 nitrogen and oxygen atoms in total. The van der Waals surface area contributed by atoms with E-state index in [9.17, 15) is 0 Å². The first-order valence-corrected chi connectivity index (χ1v) is 6.72. The smallest absolute Gasteiger partial charge is 0.0438 e. The Hall–Kier alpha value is -1.51. The maximum atomic E-state index is 6.25. The minimum Gasteiger partial charge on any atom is -0.378 e. The summed E-state index contributed by atoms with van der Waals surface area (Å²) in [6.45, 7) is 0. The van der Waals surface area contributed by atoms with Gasteiger partial charge in [0.05, 0.1) is 0 Å². The highest BCUT2D eigenvalue weighted by Crippen LogP contribution is 2.23. The van der Waals surface area contributed by atoms with Crippen LogP contribution in [0.4, 0.5) is 5.69 Å². The summed E-state index contributed by atoms with van der Waals surface area (Å²) >= 11 is 6.16. The van der Waals surface area contributed by atoms with Crippen LogP contribution in [0.1, 0.15) is 17.2 Å². The van der Waals surface area contributed by atoms with Crippen LogP contribution >= 0.6 is 11.6 Å². The van der Waals surface area contributed by atoms with E-state index in [0.29, 0.717) is 0 Å². The predicted octanol–water partition coefficient (Wildman–Crippen LogP) is 3.65. The lowest BCUT2D eigenvalue weighted by Gasteiger charge is -2.16. The van der Waals surface area contributed by atoms with Crippen LogP contribution in [0.5, 0.6) is 0 Å². The summed E-state index contributed by atoms with van der Waals surface area (Å²) in [6.07, 6.45) is 0.751.